The molecular formula is C24H39NO3. The number of fused-ring (bicyclic) bond motifs is 5. The summed E-state index contributed by atoms with van der Waals surface area (Å²) in [6.45, 7) is 2.39. The van der Waals surface area contributed by atoms with Gasteiger partial charge in [-0.05, 0) is 105 Å². The Morgan fingerprint density at radius 3 is 2.57 bits per heavy atom. The molecule has 4 fully saturated rings. The van der Waals surface area contributed by atoms with Crippen LogP contribution in [0.5, 0.6) is 0 Å². The van der Waals surface area contributed by atoms with E-state index in [0.717, 1.165) is 48.3 Å². The molecule has 0 bridgehead atoms. The van der Waals surface area contributed by atoms with Crippen molar-refractivity contribution in [3.63, 3.8) is 0 Å². The summed E-state index contributed by atoms with van der Waals surface area (Å²) < 4.78 is 0. The minimum Gasteiger partial charge on any atom is -0.480 e. The Morgan fingerprint density at radius 1 is 0.964 bits per heavy atom. The highest BCUT2D eigenvalue weighted by Gasteiger charge is 2.55. The van der Waals surface area contributed by atoms with Crippen LogP contribution < -0.4 is 5.32 Å². The van der Waals surface area contributed by atoms with E-state index in [0.29, 0.717) is 11.8 Å². The van der Waals surface area contributed by atoms with E-state index in [-0.39, 0.29) is 12.5 Å². The molecular weight excluding hydrogens is 350 g/mol. The van der Waals surface area contributed by atoms with Gasteiger partial charge in [-0.2, -0.15) is 0 Å². The molecule has 7 unspecified atom stereocenters. The van der Waals surface area contributed by atoms with Crippen molar-refractivity contribution in [2.45, 2.75) is 90.4 Å². The highest BCUT2D eigenvalue weighted by Crippen LogP contribution is 2.64. The number of nitrogens with one attached hydrogen (secondary N) is 1. The SMILES string of the molecule is CC12CCCCC1CCC1C3CCC(CCCC(=O)NCC(=O)O)C3CCC12. The molecule has 4 aliphatic rings. The van der Waals surface area contributed by atoms with Crippen molar-refractivity contribution < 1.29 is 14.7 Å². The van der Waals surface area contributed by atoms with Gasteiger partial charge in [-0.15, -0.1) is 0 Å². The average molecular weight is 390 g/mol. The summed E-state index contributed by atoms with van der Waals surface area (Å²) >= 11 is 0. The van der Waals surface area contributed by atoms with E-state index in [9.17, 15) is 9.59 Å². The average Bonchev–Trinajstić information content (AvgIpc) is 3.09. The lowest BCUT2D eigenvalue weighted by molar-refractivity contribution is -0.137. The van der Waals surface area contributed by atoms with Crippen LogP contribution in [-0.4, -0.2) is 23.5 Å². The van der Waals surface area contributed by atoms with Gasteiger partial charge in [-0.1, -0.05) is 19.8 Å². The first-order chi connectivity index (χ1) is 13.5. The van der Waals surface area contributed by atoms with Gasteiger partial charge in [0, 0.05) is 6.42 Å². The lowest BCUT2D eigenvalue weighted by atomic mass is 9.47. The topological polar surface area (TPSA) is 66.4 Å². The van der Waals surface area contributed by atoms with Gasteiger partial charge in [0.1, 0.15) is 6.54 Å². The third-order valence-electron chi connectivity index (χ3n) is 9.47. The molecule has 2 N–H and O–H groups in total. The van der Waals surface area contributed by atoms with Crippen LogP contribution in [0.3, 0.4) is 0 Å². The second kappa shape index (κ2) is 8.36. The number of rotatable bonds is 6. The first-order valence-electron chi connectivity index (χ1n) is 12.0. The lowest BCUT2D eigenvalue weighted by Crippen LogP contribution is -2.50. The molecule has 0 aromatic carbocycles. The van der Waals surface area contributed by atoms with Crippen molar-refractivity contribution >= 4 is 11.9 Å². The Bertz CT molecular complexity index is 590. The van der Waals surface area contributed by atoms with E-state index >= 15 is 0 Å². The molecule has 4 nitrogen and oxygen atoms in total. The molecule has 4 rings (SSSR count). The van der Waals surface area contributed by atoms with Gasteiger partial charge >= 0.3 is 5.97 Å². The van der Waals surface area contributed by atoms with Crippen LogP contribution in [0.25, 0.3) is 0 Å². The van der Waals surface area contributed by atoms with Gasteiger partial charge in [0.2, 0.25) is 5.91 Å². The molecule has 0 radical (unpaired) electrons. The molecule has 0 heterocycles. The normalized spacial score (nSPS) is 42.2. The number of carboxylic acid groups (broad SMARTS) is 1. The molecule has 1 amide bonds. The zero-order valence-corrected chi connectivity index (χ0v) is 17.6. The Balaban J connectivity index is 1.30. The van der Waals surface area contributed by atoms with Gasteiger partial charge in [0.15, 0.2) is 0 Å². The highest BCUT2D eigenvalue weighted by atomic mass is 16.4. The fraction of sp³-hybridized carbons (Fsp3) is 0.917. The number of carbonyl (C=O) groups is 2. The van der Waals surface area contributed by atoms with Crippen molar-refractivity contribution in [1.82, 2.24) is 5.32 Å². The van der Waals surface area contributed by atoms with Crippen LogP contribution in [-0.2, 0) is 9.59 Å². The summed E-state index contributed by atoms with van der Waals surface area (Å²) in [4.78, 5) is 22.3. The molecule has 0 spiro atoms. The molecule has 28 heavy (non-hydrogen) atoms. The third kappa shape index (κ3) is 3.85. The summed E-state index contributed by atoms with van der Waals surface area (Å²) in [6.07, 6.45) is 17.0. The number of aliphatic carboxylic acids is 1. The second-order valence-corrected chi connectivity index (χ2v) is 10.6. The van der Waals surface area contributed by atoms with Crippen LogP contribution in [0.1, 0.15) is 90.4 Å². The predicted octanol–water partition coefficient (Wildman–Crippen LogP) is 5.02. The Hall–Kier alpha value is -1.06. The molecule has 0 aliphatic heterocycles. The minimum atomic E-state index is -0.967. The molecule has 7 atom stereocenters. The maximum atomic E-state index is 11.8. The van der Waals surface area contributed by atoms with Gasteiger partial charge < -0.3 is 10.4 Å². The predicted molar refractivity (Wildman–Crippen MR) is 110 cm³/mol. The zero-order chi connectivity index (χ0) is 19.7. The van der Waals surface area contributed by atoms with Gasteiger partial charge in [-0.25, -0.2) is 0 Å². The first-order valence-corrected chi connectivity index (χ1v) is 12.0. The fourth-order valence-electron chi connectivity index (χ4n) is 8.22. The zero-order valence-electron chi connectivity index (χ0n) is 17.6. The van der Waals surface area contributed by atoms with Crippen molar-refractivity contribution in [1.29, 1.82) is 0 Å². The molecule has 4 heteroatoms. The number of hydrogen-bond acceptors (Lipinski definition) is 2. The van der Waals surface area contributed by atoms with Crippen molar-refractivity contribution in [2.75, 3.05) is 6.54 Å². The van der Waals surface area contributed by atoms with E-state index in [1.807, 2.05) is 0 Å². The molecule has 4 saturated carbocycles. The smallest absolute Gasteiger partial charge is 0.322 e. The van der Waals surface area contributed by atoms with Crippen LogP contribution in [0, 0.1) is 40.9 Å². The second-order valence-electron chi connectivity index (χ2n) is 10.6. The van der Waals surface area contributed by atoms with Crippen molar-refractivity contribution in [2.24, 2.45) is 40.9 Å². The molecule has 158 valence electrons. The molecule has 0 aromatic rings. The maximum Gasteiger partial charge on any atom is 0.322 e. The quantitative estimate of drug-likeness (QED) is 0.670. The van der Waals surface area contributed by atoms with Crippen LogP contribution in [0.4, 0.5) is 0 Å². The number of carbonyl (C=O) groups excluding carboxylic acids is 1. The summed E-state index contributed by atoms with van der Waals surface area (Å²) in [7, 11) is 0. The summed E-state index contributed by atoms with van der Waals surface area (Å²) in [5, 5.41) is 11.2. The highest BCUT2D eigenvalue weighted by molar-refractivity contribution is 5.80. The van der Waals surface area contributed by atoms with E-state index in [1.54, 1.807) is 0 Å². The number of amides is 1. The van der Waals surface area contributed by atoms with Crippen molar-refractivity contribution in [3.8, 4) is 0 Å². The van der Waals surface area contributed by atoms with Gasteiger partial charge in [0.05, 0.1) is 0 Å². The van der Waals surface area contributed by atoms with Gasteiger partial charge in [-0.3, -0.25) is 9.59 Å². The number of hydrogen-bond donors (Lipinski definition) is 2. The Morgan fingerprint density at radius 2 is 1.75 bits per heavy atom. The summed E-state index contributed by atoms with van der Waals surface area (Å²) in [6, 6.07) is 0. The largest absolute Gasteiger partial charge is 0.480 e. The summed E-state index contributed by atoms with van der Waals surface area (Å²) in [5.74, 6) is 4.52. The van der Waals surface area contributed by atoms with Crippen LogP contribution in [0.2, 0.25) is 0 Å². The molecule has 4 aliphatic carbocycles. The standard InChI is InChI=1S/C24H39NO3/c1-24-14-3-2-6-17(24)9-11-20-19-10-8-16(18(19)12-13-21(20)24)5-4-7-22(26)25-15-23(27)28/h16-21H,2-15H2,1H3,(H,25,26)(H,27,28). The molecule has 0 saturated heterocycles. The Kier molecular flexibility index (Phi) is 6.04. The molecule has 0 aromatic heterocycles. The van der Waals surface area contributed by atoms with Crippen molar-refractivity contribution in [3.05, 3.63) is 0 Å². The first kappa shape index (κ1) is 20.2. The minimum absolute atomic E-state index is 0.107. The van der Waals surface area contributed by atoms with Crippen LogP contribution >= 0.6 is 0 Å². The van der Waals surface area contributed by atoms with Gasteiger partial charge in [0.25, 0.3) is 0 Å². The maximum absolute atomic E-state index is 11.8. The fourth-order valence-corrected chi connectivity index (χ4v) is 8.22. The lowest BCUT2D eigenvalue weighted by Gasteiger charge is -2.58. The monoisotopic (exact) mass is 389 g/mol. The number of carboxylic acids is 1. The third-order valence-corrected chi connectivity index (χ3v) is 9.47. The van der Waals surface area contributed by atoms with E-state index < -0.39 is 5.97 Å². The van der Waals surface area contributed by atoms with E-state index in [2.05, 4.69) is 12.2 Å². The Labute approximate surface area is 170 Å². The van der Waals surface area contributed by atoms with Crippen LogP contribution in [0.15, 0.2) is 0 Å². The van der Waals surface area contributed by atoms with E-state index in [4.69, 9.17) is 5.11 Å². The summed E-state index contributed by atoms with van der Waals surface area (Å²) in [5.41, 5.74) is 0.631. The van der Waals surface area contributed by atoms with E-state index in [1.165, 1.54) is 64.2 Å².